The molecule has 0 spiro atoms. The summed E-state index contributed by atoms with van der Waals surface area (Å²) in [6, 6.07) is 3.82. The lowest BCUT2D eigenvalue weighted by molar-refractivity contribution is -0.141. The van der Waals surface area contributed by atoms with E-state index in [9.17, 15) is 9.59 Å². The summed E-state index contributed by atoms with van der Waals surface area (Å²) in [5, 5.41) is 11.8. The highest BCUT2D eigenvalue weighted by Crippen LogP contribution is 2.23. The summed E-state index contributed by atoms with van der Waals surface area (Å²) in [7, 11) is 0. The third-order valence-electron chi connectivity index (χ3n) is 3.66. The van der Waals surface area contributed by atoms with E-state index in [0.29, 0.717) is 19.5 Å². The Balaban J connectivity index is 1.60. The number of rotatable bonds is 5. The second-order valence-electron chi connectivity index (χ2n) is 5.21. The summed E-state index contributed by atoms with van der Waals surface area (Å²) < 4.78 is 0. The predicted molar refractivity (Wildman–Crippen MR) is 81.4 cm³/mol. The molecule has 0 aliphatic carbocycles. The molecule has 1 amide bonds. The Morgan fingerprint density at radius 3 is 3.05 bits per heavy atom. The molecule has 1 aliphatic heterocycles. The van der Waals surface area contributed by atoms with E-state index in [2.05, 4.69) is 9.97 Å². The largest absolute Gasteiger partial charge is 0.481 e. The number of aromatic nitrogens is 2. The van der Waals surface area contributed by atoms with E-state index in [4.69, 9.17) is 5.11 Å². The number of carbonyl (C=O) groups is 2. The third-order valence-corrected chi connectivity index (χ3v) is 4.60. The van der Waals surface area contributed by atoms with Crippen molar-refractivity contribution >= 4 is 23.2 Å². The van der Waals surface area contributed by atoms with Crippen LogP contribution in [0, 0.1) is 5.92 Å². The van der Waals surface area contributed by atoms with Gasteiger partial charge in [-0.1, -0.05) is 0 Å². The van der Waals surface area contributed by atoms with Crippen LogP contribution in [0.1, 0.15) is 12.1 Å². The molecule has 0 bridgehead atoms. The lowest BCUT2D eigenvalue weighted by Crippen LogP contribution is -2.28. The van der Waals surface area contributed by atoms with Crippen LogP contribution >= 0.6 is 11.3 Å². The van der Waals surface area contributed by atoms with Crippen molar-refractivity contribution in [2.45, 2.75) is 12.8 Å². The molecule has 0 unspecified atom stereocenters. The number of carbonyl (C=O) groups excluding carboxylic acids is 1. The highest BCUT2D eigenvalue weighted by atomic mass is 32.1. The maximum Gasteiger partial charge on any atom is 0.308 e. The summed E-state index contributed by atoms with van der Waals surface area (Å²) in [6.07, 6.45) is 4.22. The van der Waals surface area contributed by atoms with E-state index >= 15 is 0 Å². The number of likely N-dealkylation sites (tertiary alicyclic amines) is 1. The molecular formula is C15H15N3O3S. The van der Waals surface area contributed by atoms with Gasteiger partial charge in [0.1, 0.15) is 5.01 Å². The number of pyridine rings is 1. The Kier molecular flexibility index (Phi) is 4.15. The van der Waals surface area contributed by atoms with Gasteiger partial charge in [0.05, 0.1) is 11.6 Å². The summed E-state index contributed by atoms with van der Waals surface area (Å²) in [4.78, 5) is 32.9. The molecule has 114 valence electrons. The van der Waals surface area contributed by atoms with Crippen LogP contribution < -0.4 is 0 Å². The monoisotopic (exact) mass is 317 g/mol. The molecule has 2 aromatic rings. The third kappa shape index (κ3) is 3.14. The number of aliphatic carboxylic acids is 1. The zero-order valence-corrected chi connectivity index (χ0v) is 12.6. The quantitative estimate of drug-likeness (QED) is 0.907. The average molecular weight is 317 g/mol. The lowest BCUT2D eigenvalue weighted by Gasteiger charge is -2.14. The van der Waals surface area contributed by atoms with Gasteiger partial charge in [0.25, 0.3) is 0 Å². The average Bonchev–Trinajstić information content (AvgIpc) is 3.13. The number of amides is 1. The summed E-state index contributed by atoms with van der Waals surface area (Å²) >= 11 is 1.54. The van der Waals surface area contributed by atoms with Gasteiger partial charge < -0.3 is 10.0 Å². The van der Waals surface area contributed by atoms with E-state index < -0.39 is 11.9 Å². The first-order valence-corrected chi connectivity index (χ1v) is 7.87. The van der Waals surface area contributed by atoms with E-state index in [1.807, 2.05) is 17.5 Å². The fraction of sp³-hybridized carbons (Fsp3) is 0.333. The molecule has 0 radical (unpaired) electrons. The van der Waals surface area contributed by atoms with Gasteiger partial charge in [0.2, 0.25) is 5.91 Å². The van der Waals surface area contributed by atoms with E-state index in [1.54, 1.807) is 28.6 Å². The Hall–Kier alpha value is -2.28. The van der Waals surface area contributed by atoms with E-state index in [0.717, 1.165) is 16.3 Å². The molecule has 1 aliphatic rings. The minimum Gasteiger partial charge on any atom is -0.481 e. The second-order valence-corrected chi connectivity index (χ2v) is 6.07. The Labute approximate surface area is 131 Å². The number of hydrogen-bond donors (Lipinski definition) is 1. The molecule has 3 rings (SSSR count). The first-order valence-electron chi connectivity index (χ1n) is 6.99. The summed E-state index contributed by atoms with van der Waals surface area (Å²) in [5.41, 5.74) is 1.89. The number of carboxylic acids is 1. The zero-order chi connectivity index (χ0) is 15.5. The molecule has 0 aromatic carbocycles. The molecule has 0 saturated carbocycles. The van der Waals surface area contributed by atoms with Crippen molar-refractivity contribution in [3.8, 4) is 10.6 Å². The minimum atomic E-state index is -0.900. The first kappa shape index (κ1) is 14.6. The summed E-state index contributed by atoms with van der Waals surface area (Å²) in [6.45, 7) is 0.812. The zero-order valence-electron chi connectivity index (χ0n) is 11.8. The van der Waals surface area contributed by atoms with Crippen molar-refractivity contribution in [1.82, 2.24) is 14.9 Å². The van der Waals surface area contributed by atoms with E-state index in [1.165, 1.54) is 0 Å². The normalized spacial score (nSPS) is 17.9. The number of thiazole rings is 1. The van der Waals surface area contributed by atoms with Crippen LogP contribution in [0.2, 0.25) is 0 Å². The fourth-order valence-corrected chi connectivity index (χ4v) is 3.29. The van der Waals surface area contributed by atoms with Crippen molar-refractivity contribution in [3.63, 3.8) is 0 Å². The smallest absolute Gasteiger partial charge is 0.308 e. The van der Waals surface area contributed by atoms with Crippen LogP contribution in [0.4, 0.5) is 0 Å². The minimum absolute atomic E-state index is 0.0879. The van der Waals surface area contributed by atoms with Gasteiger partial charge in [0, 0.05) is 49.3 Å². The topological polar surface area (TPSA) is 83.4 Å². The maximum absolute atomic E-state index is 11.8. The van der Waals surface area contributed by atoms with Gasteiger partial charge in [-0.15, -0.1) is 11.3 Å². The second kappa shape index (κ2) is 6.23. The van der Waals surface area contributed by atoms with Crippen molar-refractivity contribution < 1.29 is 14.7 Å². The standard InChI is InChI=1S/C15H15N3O3S/c19-13-6-11(15(20)21)8-18(13)5-3-12-9-22-14(17-12)10-2-1-4-16-7-10/h1-2,4,7,9,11H,3,5-6,8H2,(H,20,21)/t11-/m1/s1. The molecule has 1 saturated heterocycles. The van der Waals surface area contributed by atoms with Crippen LogP contribution in [-0.4, -0.2) is 44.9 Å². The fourth-order valence-electron chi connectivity index (χ4n) is 2.45. The number of carboxylic acid groups (broad SMARTS) is 1. The molecule has 7 heteroatoms. The predicted octanol–water partition coefficient (Wildman–Crippen LogP) is 1.68. The summed E-state index contributed by atoms with van der Waals surface area (Å²) in [5.74, 6) is -1.56. The highest BCUT2D eigenvalue weighted by Gasteiger charge is 2.33. The van der Waals surface area contributed by atoms with Crippen molar-refractivity contribution in [3.05, 3.63) is 35.6 Å². The van der Waals surface area contributed by atoms with Crippen LogP contribution in [-0.2, 0) is 16.0 Å². The molecule has 1 fully saturated rings. The van der Waals surface area contributed by atoms with Gasteiger partial charge in [-0.2, -0.15) is 0 Å². The van der Waals surface area contributed by atoms with Crippen molar-refractivity contribution in [2.75, 3.05) is 13.1 Å². The number of hydrogen-bond acceptors (Lipinski definition) is 5. The Bertz CT molecular complexity index is 686. The van der Waals surface area contributed by atoms with Gasteiger partial charge in [-0.25, -0.2) is 4.98 Å². The van der Waals surface area contributed by atoms with Gasteiger partial charge >= 0.3 is 5.97 Å². The molecular weight excluding hydrogens is 302 g/mol. The first-order chi connectivity index (χ1) is 10.6. The molecule has 3 heterocycles. The van der Waals surface area contributed by atoms with Crippen LogP contribution in [0.15, 0.2) is 29.9 Å². The Morgan fingerprint density at radius 1 is 1.50 bits per heavy atom. The van der Waals surface area contributed by atoms with Crippen molar-refractivity contribution in [2.24, 2.45) is 5.92 Å². The molecule has 2 aromatic heterocycles. The molecule has 1 N–H and O–H groups in total. The van der Waals surface area contributed by atoms with Gasteiger partial charge in [-0.05, 0) is 12.1 Å². The maximum atomic E-state index is 11.8. The number of nitrogens with zero attached hydrogens (tertiary/aromatic N) is 3. The SMILES string of the molecule is O=C(O)[C@@H]1CC(=O)N(CCc2csc(-c3cccnc3)n2)C1. The highest BCUT2D eigenvalue weighted by molar-refractivity contribution is 7.13. The molecule has 22 heavy (non-hydrogen) atoms. The van der Waals surface area contributed by atoms with Crippen LogP contribution in [0.5, 0.6) is 0 Å². The van der Waals surface area contributed by atoms with Gasteiger partial charge in [-0.3, -0.25) is 14.6 Å². The Morgan fingerprint density at radius 2 is 2.36 bits per heavy atom. The van der Waals surface area contributed by atoms with Gasteiger partial charge in [0.15, 0.2) is 0 Å². The molecule has 1 atom stereocenters. The van der Waals surface area contributed by atoms with E-state index in [-0.39, 0.29) is 12.3 Å². The lowest BCUT2D eigenvalue weighted by atomic mass is 10.1. The van der Waals surface area contributed by atoms with Crippen LogP contribution in [0.3, 0.4) is 0 Å². The molecule has 6 nitrogen and oxygen atoms in total. The van der Waals surface area contributed by atoms with Crippen LogP contribution in [0.25, 0.3) is 10.6 Å². The van der Waals surface area contributed by atoms with Crippen molar-refractivity contribution in [1.29, 1.82) is 0 Å².